The molecule has 0 atom stereocenters. The van der Waals surface area contributed by atoms with E-state index in [1.54, 1.807) is 12.5 Å². The Morgan fingerprint density at radius 1 is 0.760 bits per heavy atom. The summed E-state index contributed by atoms with van der Waals surface area (Å²) in [6, 6.07) is 20.8. The van der Waals surface area contributed by atoms with Crippen molar-refractivity contribution in [2.45, 2.75) is 19.8 Å². The highest BCUT2D eigenvalue weighted by atomic mass is 14.8. The first-order chi connectivity index (χ1) is 12.2. The maximum atomic E-state index is 4.53. The van der Waals surface area contributed by atoms with Crippen LogP contribution in [0.4, 0.5) is 0 Å². The Morgan fingerprint density at radius 2 is 1.56 bits per heavy atom. The van der Waals surface area contributed by atoms with Gasteiger partial charge in [-0.15, -0.1) is 0 Å². The van der Waals surface area contributed by atoms with Crippen molar-refractivity contribution in [1.82, 2.24) is 15.0 Å². The summed E-state index contributed by atoms with van der Waals surface area (Å²) in [4.78, 5) is 13.4. The lowest BCUT2D eigenvalue weighted by molar-refractivity contribution is 0.867. The van der Waals surface area contributed by atoms with Crippen LogP contribution in [0.5, 0.6) is 0 Å². The molecule has 0 saturated carbocycles. The molecule has 3 nitrogen and oxygen atoms in total. The lowest BCUT2D eigenvalue weighted by Crippen LogP contribution is -1.92. The van der Waals surface area contributed by atoms with Crippen molar-refractivity contribution in [3.8, 4) is 22.5 Å². The molecule has 2 aromatic carbocycles. The Labute approximate surface area is 147 Å². The highest BCUT2D eigenvalue weighted by molar-refractivity contribution is 5.94. The first-order valence-electron chi connectivity index (χ1n) is 8.49. The zero-order valence-electron chi connectivity index (χ0n) is 14.3. The van der Waals surface area contributed by atoms with Gasteiger partial charge in [0.2, 0.25) is 0 Å². The van der Waals surface area contributed by atoms with Gasteiger partial charge in [-0.05, 0) is 35.7 Å². The van der Waals surface area contributed by atoms with E-state index in [-0.39, 0.29) is 0 Å². The summed E-state index contributed by atoms with van der Waals surface area (Å²) < 4.78 is 0. The van der Waals surface area contributed by atoms with Gasteiger partial charge in [0.1, 0.15) is 6.33 Å². The molecule has 0 aliphatic carbocycles. The first-order valence-corrected chi connectivity index (χ1v) is 8.49. The fraction of sp³-hybridized carbons (Fsp3) is 0.136. The van der Waals surface area contributed by atoms with Crippen LogP contribution < -0.4 is 0 Å². The molecule has 122 valence electrons. The fourth-order valence-electron chi connectivity index (χ4n) is 3.01. The smallest absolute Gasteiger partial charge is 0.116 e. The van der Waals surface area contributed by atoms with Crippen molar-refractivity contribution in [1.29, 1.82) is 0 Å². The molecule has 0 aliphatic rings. The predicted octanol–water partition coefficient (Wildman–Crippen LogP) is 5.48. The molecule has 25 heavy (non-hydrogen) atoms. The van der Waals surface area contributed by atoms with Crippen LogP contribution >= 0.6 is 0 Å². The van der Waals surface area contributed by atoms with Gasteiger partial charge >= 0.3 is 0 Å². The van der Waals surface area contributed by atoms with E-state index in [0.29, 0.717) is 5.92 Å². The van der Waals surface area contributed by atoms with Crippen LogP contribution in [0.1, 0.15) is 25.3 Å². The normalized spacial score (nSPS) is 11.2. The van der Waals surface area contributed by atoms with Crippen molar-refractivity contribution < 1.29 is 0 Å². The minimum atomic E-state index is 0.525. The molecule has 4 rings (SSSR count). The number of aromatic nitrogens is 3. The molecular formula is C22H19N3. The number of benzene rings is 2. The molecule has 0 N–H and O–H groups in total. The summed E-state index contributed by atoms with van der Waals surface area (Å²) in [6.07, 6.45) is 3.44. The molecule has 3 heteroatoms. The lowest BCUT2D eigenvalue weighted by Gasteiger charge is -2.09. The molecule has 2 heterocycles. The Morgan fingerprint density at radius 3 is 2.28 bits per heavy atom. The number of pyridine rings is 1. The molecule has 0 saturated heterocycles. The van der Waals surface area contributed by atoms with Gasteiger partial charge < -0.3 is 0 Å². The molecule has 0 radical (unpaired) electrons. The third-order valence-corrected chi connectivity index (χ3v) is 4.45. The van der Waals surface area contributed by atoms with E-state index in [1.165, 1.54) is 5.56 Å². The topological polar surface area (TPSA) is 38.7 Å². The van der Waals surface area contributed by atoms with Crippen molar-refractivity contribution in [3.63, 3.8) is 0 Å². The molecule has 0 fully saturated rings. The van der Waals surface area contributed by atoms with Gasteiger partial charge in [-0.1, -0.05) is 50.2 Å². The second kappa shape index (κ2) is 6.44. The summed E-state index contributed by atoms with van der Waals surface area (Å²) in [5, 5.41) is 1.06. The van der Waals surface area contributed by atoms with E-state index >= 15 is 0 Å². The highest BCUT2D eigenvalue weighted by Gasteiger charge is 2.09. The fourth-order valence-corrected chi connectivity index (χ4v) is 3.01. The van der Waals surface area contributed by atoms with E-state index in [4.69, 9.17) is 0 Å². The van der Waals surface area contributed by atoms with E-state index in [2.05, 4.69) is 71.3 Å². The average molecular weight is 325 g/mol. The molecule has 0 unspecified atom stereocenters. The van der Waals surface area contributed by atoms with Crippen molar-refractivity contribution in [3.05, 3.63) is 78.8 Å². The summed E-state index contributed by atoms with van der Waals surface area (Å²) in [6.45, 7) is 4.41. The van der Waals surface area contributed by atoms with Crippen LogP contribution in [-0.2, 0) is 0 Å². The maximum Gasteiger partial charge on any atom is 0.116 e. The summed E-state index contributed by atoms with van der Waals surface area (Å²) >= 11 is 0. The van der Waals surface area contributed by atoms with Crippen molar-refractivity contribution in [2.24, 2.45) is 0 Å². The highest BCUT2D eigenvalue weighted by Crippen LogP contribution is 2.29. The number of rotatable bonds is 3. The monoisotopic (exact) mass is 325 g/mol. The number of hydrogen-bond donors (Lipinski definition) is 0. The van der Waals surface area contributed by atoms with Crippen molar-refractivity contribution in [2.75, 3.05) is 0 Å². The third kappa shape index (κ3) is 3.01. The van der Waals surface area contributed by atoms with Gasteiger partial charge in [-0.25, -0.2) is 9.97 Å². The van der Waals surface area contributed by atoms with Gasteiger partial charge in [0.25, 0.3) is 0 Å². The zero-order chi connectivity index (χ0) is 17.2. The second-order valence-electron chi connectivity index (χ2n) is 6.45. The number of nitrogens with zero attached hydrogens (tertiary/aromatic N) is 3. The molecule has 0 bridgehead atoms. The lowest BCUT2D eigenvalue weighted by atomic mass is 9.99. The maximum absolute atomic E-state index is 4.53. The van der Waals surface area contributed by atoms with Gasteiger partial charge in [0.05, 0.1) is 16.9 Å². The first kappa shape index (κ1) is 15.5. The van der Waals surface area contributed by atoms with Gasteiger partial charge in [0, 0.05) is 22.7 Å². The summed E-state index contributed by atoms with van der Waals surface area (Å²) in [7, 11) is 0. The van der Waals surface area contributed by atoms with Gasteiger partial charge in [-0.2, -0.15) is 0 Å². The molecule has 2 aromatic heterocycles. The number of hydrogen-bond acceptors (Lipinski definition) is 3. The van der Waals surface area contributed by atoms with E-state index in [0.717, 1.165) is 33.4 Å². The largest absolute Gasteiger partial charge is 0.256 e. The molecule has 0 amide bonds. The van der Waals surface area contributed by atoms with Crippen molar-refractivity contribution >= 4 is 10.9 Å². The third-order valence-electron chi connectivity index (χ3n) is 4.45. The Hall–Kier alpha value is -3.07. The van der Waals surface area contributed by atoms with Crippen LogP contribution in [0.25, 0.3) is 33.4 Å². The summed E-state index contributed by atoms with van der Waals surface area (Å²) in [5.41, 5.74) is 6.36. The molecule has 4 aromatic rings. The van der Waals surface area contributed by atoms with E-state index < -0.39 is 0 Å². The molecule has 0 aliphatic heterocycles. The van der Waals surface area contributed by atoms with Crippen LogP contribution in [0.2, 0.25) is 0 Å². The van der Waals surface area contributed by atoms with Gasteiger partial charge in [-0.3, -0.25) is 4.98 Å². The minimum Gasteiger partial charge on any atom is -0.256 e. The van der Waals surface area contributed by atoms with Crippen LogP contribution in [0, 0.1) is 0 Å². The standard InChI is InChI=1S/C22H19N3/c1-15(2)16-6-8-17(9-7-16)22-19-11-10-18(13-21(19)24-14-25-22)20-5-3-4-12-23-20/h3-15H,1-2H3. The van der Waals surface area contributed by atoms with Crippen LogP contribution in [0.15, 0.2) is 73.2 Å². The average Bonchev–Trinajstić information content (AvgIpc) is 2.68. The van der Waals surface area contributed by atoms with Crippen LogP contribution in [-0.4, -0.2) is 15.0 Å². The second-order valence-corrected chi connectivity index (χ2v) is 6.45. The molecular weight excluding hydrogens is 306 g/mol. The van der Waals surface area contributed by atoms with E-state index in [9.17, 15) is 0 Å². The zero-order valence-corrected chi connectivity index (χ0v) is 14.3. The van der Waals surface area contributed by atoms with E-state index in [1.807, 2.05) is 18.2 Å². The summed E-state index contributed by atoms with van der Waals surface area (Å²) in [5.74, 6) is 0.525. The Balaban J connectivity index is 1.80. The Kier molecular flexibility index (Phi) is 3.98. The minimum absolute atomic E-state index is 0.525. The predicted molar refractivity (Wildman–Crippen MR) is 102 cm³/mol. The number of fused-ring (bicyclic) bond motifs is 1. The van der Waals surface area contributed by atoms with Gasteiger partial charge in [0.15, 0.2) is 0 Å². The SMILES string of the molecule is CC(C)c1ccc(-c2ncnc3cc(-c4ccccn4)ccc23)cc1. The van der Waals surface area contributed by atoms with Crippen LogP contribution in [0.3, 0.4) is 0 Å². The molecule has 0 spiro atoms. The quantitative estimate of drug-likeness (QED) is 0.500. The Bertz CT molecular complexity index is 1010.